The number of rotatable bonds is 9. The molecular weight excluding hydrogens is 347 g/mol. The molecule has 0 aliphatic heterocycles. The minimum atomic E-state index is 0.705. The molecule has 156 valence electrons. The second-order valence-electron chi connectivity index (χ2n) is 9.30. The number of ether oxygens (including phenoxy) is 1. The summed E-state index contributed by atoms with van der Waals surface area (Å²) >= 11 is 0. The second-order valence-corrected chi connectivity index (χ2v) is 9.30. The van der Waals surface area contributed by atoms with Crippen LogP contribution in [-0.2, 0) is 11.3 Å². The predicted octanol–water partition coefficient (Wildman–Crippen LogP) is 7.96. The lowest BCUT2D eigenvalue weighted by atomic mass is 9.74. The molecule has 1 aromatic carbocycles. The van der Waals surface area contributed by atoms with Crippen molar-refractivity contribution >= 4 is 0 Å². The van der Waals surface area contributed by atoms with Gasteiger partial charge >= 0.3 is 0 Å². The van der Waals surface area contributed by atoms with Gasteiger partial charge in [-0.1, -0.05) is 68.9 Å². The van der Waals surface area contributed by atoms with Crippen LogP contribution in [0, 0.1) is 17.8 Å². The molecule has 2 fully saturated rings. The maximum Gasteiger partial charge on any atom is 0.0827 e. The summed E-state index contributed by atoms with van der Waals surface area (Å²) in [4.78, 5) is 0. The molecule has 0 spiro atoms. The molecule has 0 radical (unpaired) electrons. The van der Waals surface area contributed by atoms with Crippen molar-refractivity contribution in [2.75, 3.05) is 7.11 Å². The van der Waals surface area contributed by atoms with E-state index in [1.807, 2.05) is 0 Å². The largest absolute Gasteiger partial charge is 0.380 e. The molecular formula is C26H39FO. The Bertz CT molecular complexity index is 563. The van der Waals surface area contributed by atoms with E-state index in [9.17, 15) is 4.39 Å². The van der Waals surface area contributed by atoms with E-state index in [-0.39, 0.29) is 0 Å². The van der Waals surface area contributed by atoms with Crippen LogP contribution >= 0.6 is 0 Å². The third kappa shape index (κ3) is 6.72. The Kier molecular flexibility index (Phi) is 9.05. The molecule has 0 unspecified atom stereocenters. The maximum atomic E-state index is 12.1. The molecule has 28 heavy (non-hydrogen) atoms. The molecule has 2 heteroatoms. The first kappa shape index (κ1) is 21.6. The van der Waals surface area contributed by atoms with E-state index in [4.69, 9.17) is 4.74 Å². The van der Waals surface area contributed by atoms with Crippen molar-refractivity contribution in [1.29, 1.82) is 0 Å². The summed E-state index contributed by atoms with van der Waals surface area (Å²) in [5.74, 6) is 3.52. The number of allylic oxidation sites excluding steroid dienone is 1. The van der Waals surface area contributed by atoms with Gasteiger partial charge in [-0.3, -0.25) is 0 Å². The highest BCUT2D eigenvalue weighted by Gasteiger charge is 2.25. The smallest absolute Gasteiger partial charge is 0.0827 e. The van der Waals surface area contributed by atoms with E-state index >= 15 is 0 Å². The molecule has 3 rings (SSSR count). The van der Waals surface area contributed by atoms with Crippen molar-refractivity contribution in [1.82, 2.24) is 0 Å². The normalized spacial score (nSPS) is 28.6. The molecule has 0 bridgehead atoms. The quantitative estimate of drug-likeness (QED) is 0.418. The minimum absolute atomic E-state index is 0.705. The van der Waals surface area contributed by atoms with Crippen LogP contribution in [0.25, 0.3) is 0 Å². The highest BCUT2D eigenvalue weighted by Crippen LogP contribution is 2.40. The first-order chi connectivity index (χ1) is 13.8. The molecule has 1 nitrogen and oxygen atoms in total. The molecule has 1 aromatic rings. The third-order valence-corrected chi connectivity index (χ3v) is 7.39. The van der Waals surface area contributed by atoms with E-state index < -0.39 is 0 Å². The zero-order chi connectivity index (χ0) is 19.6. The lowest BCUT2D eigenvalue weighted by Crippen LogP contribution is -2.17. The van der Waals surface area contributed by atoms with Crippen molar-refractivity contribution in [3.05, 3.63) is 47.8 Å². The Morgan fingerprint density at radius 3 is 1.89 bits per heavy atom. The fourth-order valence-electron chi connectivity index (χ4n) is 5.51. The molecule has 0 N–H and O–H groups in total. The summed E-state index contributed by atoms with van der Waals surface area (Å²) in [6.45, 7) is 0.712. The molecule has 0 atom stereocenters. The van der Waals surface area contributed by atoms with Crippen LogP contribution in [0.1, 0.15) is 94.1 Å². The Hall–Kier alpha value is -1.15. The third-order valence-electron chi connectivity index (χ3n) is 7.39. The lowest BCUT2D eigenvalue weighted by molar-refractivity contribution is 0.185. The summed E-state index contributed by atoms with van der Waals surface area (Å²) in [6, 6.07) is 9.10. The van der Waals surface area contributed by atoms with E-state index in [0.717, 1.165) is 30.1 Å². The molecule has 0 saturated heterocycles. The van der Waals surface area contributed by atoms with E-state index in [1.165, 1.54) is 81.8 Å². The SMILES string of the molecule is COCc1ccc(C2CCC(CCC3CCC(CC/C=C/F)CC3)CC2)cc1. The zero-order valence-electron chi connectivity index (χ0n) is 17.8. The van der Waals surface area contributed by atoms with Crippen molar-refractivity contribution in [3.8, 4) is 0 Å². The van der Waals surface area contributed by atoms with Gasteiger partial charge in [0.2, 0.25) is 0 Å². The van der Waals surface area contributed by atoms with Gasteiger partial charge in [-0.2, -0.15) is 0 Å². The van der Waals surface area contributed by atoms with Gasteiger partial charge in [0, 0.05) is 7.11 Å². The molecule has 0 heterocycles. The first-order valence-electron chi connectivity index (χ1n) is 11.6. The Morgan fingerprint density at radius 1 is 0.821 bits per heavy atom. The highest BCUT2D eigenvalue weighted by molar-refractivity contribution is 5.25. The highest BCUT2D eigenvalue weighted by atomic mass is 19.1. The van der Waals surface area contributed by atoms with Crippen molar-refractivity contribution in [2.45, 2.75) is 89.6 Å². The van der Waals surface area contributed by atoms with Gasteiger partial charge in [-0.05, 0) is 73.3 Å². The van der Waals surface area contributed by atoms with E-state index in [2.05, 4.69) is 24.3 Å². The summed E-state index contributed by atoms with van der Waals surface area (Å²) in [5, 5.41) is 0. The summed E-state index contributed by atoms with van der Waals surface area (Å²) in [7, 11) is 1.76. The van der Waals surface area contributed by atoms with Gasteiger partial charge in [-0.25, -0.2) is 4.39 Å². The number of benzene rings is 1. The number of hydrogen-bond acceptors (Lipinski definition) is 1. The number of hydrogen-bond donors (Lipinski definition) is 0. The summed E-state index contributed by atoms with van der Waals surface area (Å²) in [6.07, 6.45) is 18.5. The van der Waals surface area contributed by atoms with Crippen LogP contribution < -0.4 is 0 Å². The Balaban J connectivity index is 1.32. The number of halogens is 1. The second kappa shape index (κ2) is 11.8. The van der Waals surface area contributed by atoms with Gasteiger partial charge in [-0.15, -0.1) is 0 Å². The molecule has 2 saturated carbocycles. The maximum absolute atomic E-state index is 12.1. The van der Waals surface area contributed by atoms with E-state index in [1.54, 1.807) is 13.2 Å². The topological polar surface area (TPSA) is 9.23 Å². The van der Waals surface area contributed by atoms with Crippen LogP contribution in [0.3, 0.4) is 0 Å². The average molecular weight is 387 g/mol. The fourth-order valence-corrected chi connectivity index (χ4v) is 5.51. The van der Waals surface area contributed by atoms with Crippen molar-refractivity contribution in [2.24, 2.45) is 17.8 Å². The van der Waals surface area contributed by atoms with Crippen LogP contribution in [0.4, 0.5) is 4.39 Å². The van der Waals surface area contributed by atoms with Crippen LogP contribution in [0.5, 0.6) is 0 Å². The van der Waals surface area contributed by atoms with Gasteiger partial charge in [0.25, 0.3) is 0 Å². The van der Waals surface area contributed by atoms with Crippen LogP contribution in [0.2, 0.25) is 0 Å². The average Bonchev–Trinajstić information content (AvgIpc) is 2.75. The lowest BCUT2D eigenvalue weighted by Gasteiger charge is -2.32. The van der Waals surface area contributed by atoms with Gasteiger partial charge in [0.1, 0.15) is 0 Å². The Labute approximate surface area is 171 Å². The Morgan fingerprint density at radius 2 is 1.36 bits per heavy atom. The summed E-state index contributed by atoms with van der Waals surface area (Å²) < 4.78 is 17.3. The number of methoxy groups -OCH3 is 1. The molecule has 2 aliphatic rings. The van der Waals surface area contributed by atoms with Crippen LogP contribution in [0.15, 0.2) is 36.7 Å². The van der Waals surface area contributed by atoms with Gasteiger partial charge in [0.15, 0.2) is 0 Å². The van der Waals surface area contributed by atoms with Gasteiger partial charge < -0.3 is 4.74 Å². The fraction of sp³-hybridized carbons (Fsp3) is 0.692. The van der Waals surface area contributed by atoms with Gasteiger partial charge in [0.05, 0.1) is 12.9 Å². The molecule has 2 aliphatic carbocycles. The zero-order valence-corrected chi connectivity index (χ0v) is 17.8. The van der Waals surface area contributed by atoms with Crippen LogP contribution in [-0.4, -0.2) is 7.11 Å². The van der Waals surface area contributed by atoms with Crippen molar-refractivity contribution < 1.29 is 9.13 Å². The first-order valence-corrected chi connectivity index (χ1v) is 11.6. The predicted molar refractivity (Wildman–Crippen MR) is 116 cm³/mol. The minimum Gasteiger partial charge on any atom is -0.380 e. The molecule has 0 amide bonds. The molecule has 0 aromatic heterocycles. The standard InChI is InChI=1S/C26H39FO/c1-28-20-24-13-17-26(18-14-24)25-15-11-23(12-16-25)10-9-22-7-5-21(6-8-22)4-2-3-19-27/h3,13-14,17-19,21-23,25H,2,4-12,15-16,20H2,1H3/b19-3+. The summed E-state index contributed by atoms with van der Waals surface area (Å²) in [5.41, 5.74) is 2.80. The van der Waals surface area contributed by atoms with E-state index in [0.29, 0.717) is 12.9 Å². The monoisotopic (exact) mass is 386 g/mol. The van der Waals surface area contributed by atoms with Crippen molar-refractivity contribution in [3.63, 3.8) is 0 Å².